The summed E-state index contributed by atoms with van der Waals surface area (Å²) in [5, 5.41) is 3.29. The van der Waals surface area contributed by atoms with E-state index >= 15 is 0 Å². The van der Waals surface area contributed by atoms with Gasteiger partial charge in [-0.25, -0.2) is 4.79 Å². The fraction of sp³-hybridized carbons (Fsp3) is 0.500. The molecule has 0 radical (unpaired) electrons. The van der Waals surface area contributed by atoms with Crippen LogP contribution in [0.2, 0.25) is 0 Å². The van der Waals surface area contributed by atoms with E-state index in [0.717, 1.165) is 31.4 Å². The molecule has 0 spiro atoms. The number of rotatable bonds is 4. The first-order chi connectivity index (χ1) is 16.4. The Morgan fingerprint density at radius 3 is 2.59 bits per heavy atom. The highest BCUT2D eigenvalue weighted by Gasteiger charge is 2.47. The fourth-order valence-electron chi connectivity index (χ4n) is 5.60. The number of esters is 2. The summed E-state index contributed by atoms with van der Waals surface area (Å²) in [5.41, 5.74) is 2.89. The van der Waals surface area contributed by atoms with Gasteiger partial charge in [-0.15, -0.1) is 0 Å². The Morgan fingerprint density at radius 2 is 1.85 bits per heavy atom. The maximum Gasteiger partial charge on any atom is 0.337 e. The fourth-order valence-corrected chi connectivity index (χ4v) is 5.60. The van der Waals surface area contributed by atoms with Crippen LogP contribution < -0.4 is 14.8 Å². The number of ether oxygens (including phenoxy) is 4. The molecule has 0 aromatic heterocycles. The number of methoxy groups -OCH3 is 1. The standard InChI is InChI=1S/C26H29NO7/c1-13-10-17-23(24(28)20(13)25(29)31-3)22(15-8-9-18-19(11-15)33-12-32-18)21(14(2)27-17)26(30)34-16-6-4-5-7-16/h8-9,11,13,16,20,22,27H,4-7,10,12H2,1-3H3/t13-,20-,22-/m1/s1. The van der Waals surface area contributed by atoms with Crippen LogP contribution in [0.1, 0.15) is 57.4 Å². The summed E-state index contributed by atoms with van der Waals surface area (Å²) in [6.07, 6.45) is 4.12. The Bertz CT molecular complexity index is 1110. The highest BCUT2D eigenvalue weighted by molar-refractivity contribution is 6.12. The first kappa shape index (κ1) is 22.5. The summed E-state index contributed by atoms with van der Waals surface area (Å²) in [6.45, 7) is 3.81. The summed E-state index contributed by atoms with van der Waals surface area (Å²) in [4.78, 5) is 39.8. The van der Waals surface area contributed by atoms with Gasteiger partial charge in [-0.1, -0.05) is 13.0 Å². The van der Waals surface area contributed by atoms with Crippen molar-refractivity contribution in [2.24, 2.45) is 11.8 Å². The van der Waals surface area contributed by atoms with Crippen molar-refractivity contribution in [3.05, 3.63) is 46.3 Å². The SMILES string of the molecule is COC(=O)[C@H]1C(=O)C2=C(C[C@H]1C)NC(C)=C(C(=O)OC1CCCC1)[C@H]2c1ccc2c(c1)OCO2. The van der Waals surface area contributed by atoms with Crippen molar-refractivity contribution in [2.75, 3.05) is 13.9 Å². The van der Waals surface area contributed by atoms with Crippen LogP contribution in [0, 0.1) is 11.8 Å². The Labute approximate surface area is 198 Å². The summed E-state index contributed by atoms with van der Waals surface area (Å²) < 4.78 is 21.9. The zero-order chi connectivity index (χ0) is 24.0. The van der Waals surface area contributed by atoms with E-state index in [1.807, 2.05) is 19.9 Å². The van der Waals surface area contributed by atoms with E-state index in [1.165, 1.54) is 7.11 Å². The number of hydrogen-bond donors (Lipinski definition) is 1. The van der Waals surface area contributed by atoms with Gasteiger partial charge in [-0.3, -0.25) is 9.59 Å². The van der Waals surface area contributed by atoms with Crippen LogP contribution in [0.25, 0.3) is 0 Å². The molecule has 1 aromatic carbocycles. The van der Waals surface area contributed by atoms with Gasteiger partial charge < -0.3 is 24.3 Å². The molecule has 4 aliphatic rings. The molecule has 0 saturated heterocycles. The van der Waals surface area contributed by atoms with Gasteiger partial charge in [0.25, 0.3) is 0 Å². The maximum atomic E-state index is 13.8. The number of carbonyl (C=O) groups is 3. The lowest BCUT2D eigenvalue weighted by Crippen LogP contribution is -2.43. The molecule has 2 aliphatic carbocycles. The van der Waals surface area contributed by atoms with Gasteiger partial charge >= 0.3 is 11.9 Å². The van der Waals surface area contributed by atoms with Crippen LogP contribution in [0.4, 0.5) is 0 Å². The molecule has 34 heavy (non-hydrogen) atoms. The van der Waals surface area contributed by atoms with Gasteiger partial charge in [0, 0.05) is 22.9 Å². The minimum Gasteiger partial charge on any atom is -0.468 e. The van der Waals surface area contributed by atoms with Gasteiger partial charge in [0.2, 0.25) is 6.79 Å². The molecule has 0 amide bonds. The number of ketones is 1. The quantitative estimate of drug-likeness (QED) is 0.530. The summed E-state index contributed by atoms with van der Waals surface area (Å²) in [7, 11) is 1.29. The molecular weight excluding hydrogens is 438 g/mol. The second-order valence-corrected chi connectivity index (χ2v) is 9.46. The molecule has 0 unspecified atom stereocenters. The average Bonchev–Trinajstić information content (AvgIpc) is 3.49. The van der Waals surface area contributed by atoms with Gasteiger partial charge in [0.15, 0.2) is 17.3 Å². The number of benzene rings is 1. The van der Waals surface area contributed by atoms with Crippen LogP contribution in [-0.2, 0) is 23.9 Å². The van der Waals surface area contributed by atoms with E-state index in [-0.39, 0.29) is 24.6 Å². The third-order valence-electron chi connectivity index (χ3n) is 7.27. The van der Waals surface area contributed by atoms with Crippen LogP contribution in [0.3, 0.4) is 0 Å². The minimum absolute atomic E-state index is 0.116. The van der Waals surface area contributed by atoms with Crippen molar-refractivity contribution in [1.29, 1.82) is 0 Å². The second-order valence-electron chi connectivity index (χ2n) is 9.46. The normalized spacial score (nSPS) is 26.3. The Morgan fingerprint density at radius 1 is 1.12 bits per heavy atom. The minimum atomic E-state index is -0.924. The van der Waals surface area contributed by atoms with Crippen LogP contribution in [0.15, 0.2) is 40.7 Å². The van der Waals surface area contributed by atoms with E-state index in [2.05, 4.69) is 5.32 Å². The predicted octanol–water partition coefficient (Wildman–Crippen LogP) is 3.51. The van der Waals surface area contributed by atoms with Crippen molar-refractivity contribution in [3.63, 3.8) is 0 Å². The van der Waals surface area contributed by atoms with Crippen LogP contribution in [-0.4, -0.2) is 37.7 Å². The summed E-state index contributed by atoms with van der Waals surface area (Å²) in [5.74, 6) is -2.00. The number of hydrogen-bond acceptors (Lipinski definition) is 8. The monoisotopic (exact) mass is 467 g/mol. The first-order valence-corrected chi connectivity index (χ1v) is 11.8. The van der Waals surface area contributed by atoms with Gasteiger partial charge in [-0.05, 0) is 62.6 Å². The lowest BCUT2D eigenvalue weighted by atomic mass is 9.69. The first-order valence-electron chi connectivity index (χ1n) is 11.8. The predicted molar refractivity (Wildman–Crippen MR) is 121 cm³/mol. The zero-order valence-corrected chi connectivity index (χ0v) is 19.6. The maximum absolute atomic E-state index is 13.8. The molecular formula is C26H29NO7. The Balaban J connectivity index is 1.60. The zero-order valence-electron chi connectivity index (χ0n) is 19.6. The molecule has 8 heteroatoms. The number of Topliss-reactive ketones (excluding diaryl/α,β-unsaturated/α-hetero) is 1. The number of allylic oxidation sites excluding steroid dienone is 3. The van der Waals surface area contributed by atoms with Crippen LogP contribution in [0.5, 0.6) is 11.5 Å². The number of dihydropyridines is 1. The summed E-state index contributed by atoms with van der Waals surface area (Å²) in [6, 6.07) is 5.42. The summed E-state index contributed by atoms with van der Waals surface area (Å²) >= 11 is 0. The van der Waals surface area contributed by atoms with E-state index < -0.39 is 23.8 Å². The van der Waals surface area contributed by atoms with Gasteiger partial charge in [-0.2, -0.15) is 0 Å². The van der Waals surface area contributed by atoms with E-state index in [4.69, 9.17) is 18.9 Å². The van der Waals surface area contributed by atoms with Crippen molar-refractivity contribution in [3.8, 4) is 11.5 Å². The van der Waals surface area contributed by atoms with Crippen molar-refractivity contribution in [1.82, 2.24) is 5.32 Å². The molecule has 180 valence electrons. The largest absolute Gasteiger partial charge is 0.468 e. The Kier molecular flexibility index (Phi) is 5.83. The van der Waals surface area contributed by atoms with Crippen molar-refractivity contribution >= 4 is 17.7 Å². The second kappa shape index (κ2) is 8.81. The lowest BCUT2D eigenvalue weighted by molar-refractivity contribution is -0.151. The molecule has 2 heterocycles. The molecule has 1 N–H and O–H groups in total. The molecule has 1 saturated carbocycles. The highest BCUT2D eigenvalue weighted by Crippen LogP contribution is 2.47. The molecule has 0 bridgehead atoms. The molecule has 2 aliphatic heterocycles. The van der Waals surface area contributed by atoms with Gasteiger partial charge in [0.1, 0.15) is 12.0 Å². The third kappa shape index (κ3) is 3.75. The molecule has 1 fully saturated rings. The number of fused-ring (bicyclic) bond motifs is 1. The third-order valence-corrected chi connectivity index (χ3v) is 7.27. The van der Waals surface area contributed by atoms with Crippen molar-refractivity contribution < 1.29 is 33.3 Å². The van der Waals surface area contributed by atoms with Crippen molar-refractivity contribution in [2.45, 2.75) is 58.0 Å². The van der Waals surface area contributed by atoms with E-state index in [0.29, 0.717) is 40.3 Å². The topological polar surface area (TPSA) is 100 Å². The molecule has 8 nitrogen and oxygen atoms in total. The number of nitrogens with one attached hydrogen (secondary N) is 1. The Hall–Kier alpha value is -3.29. The molecule has 5 rings (SSSR count). The smallest absolute Gasteiger partial charge is 0.337 e. The molecule has 1 aromatic rings. The number of carbonyl (C=O) groups excluding carboxylic acids is 3. The van der Waals surface area contributed by atoms with E-state index in [9.17, 15) is 14.4 Å². The molecule has 3 atom stereocenters. The average molecular weight is 468 g/mol. The highest BCUT2D eigenvalue weighted by atomic mass is 16.7. The van der Waals surface area contributed by atoms with E-state index in [1.54, 1.807) is 12.1 Å². The lowest BCUT2D eigenvalue weighted by Gasteiger charge is -2.38. The van der Waals surface area contributed by atoms with Gasteiger partial charge in [0.05, 0.1) is 12.7 Å². The van der Waals surface area contributed by atoms with Crippen LogP contribution >= 0.6 is 0 Å².